The molecular formula is C18H24N4O3S. The highest BCUT2D eigenvalue weighted by atomic mass is 32.2. The number of hydrogen-bond acceptors (Lipinski definition) is 4. The van der Waals surface area contributed by atoms with Gasteiger partial charge in [-0.2, -0.15) is 5.10 Å². The lowest BCUT2D eigenvalue weighted by molar-refractivity contribution is 0.0611. The van der Waals surface area contributed by atoms with Gasteiger partial charge in [-0.15, -0.1) is 0 Å². The second kappa shape index (κ2) is 7.20. The third-order valence-electron chi connectivity index (χ3n) is 4.75. The molecule has 1 aromatic carbocycles. The summed E-state index contributed by atoms with van der Waals surface area (Å²) in [7, 11) is 1.34. The van der Waals surface area contributed by atoms with Gasteiger partial charge < -0.3 is 4.90 Å². The van der Waals surface area contributed by atoms with E-state index < -0.39 is 10.0 Å². The van der Waals surface area contributed by atoms with Crippen molar-refractivity contribution in [3.8, 4) is 0 Å². The van der Waals surface area contributed by atoms with Crippen LogP contribution in [0.15, 0.2) is 41.6 Å². The number of amides is 1. The van der Waals surface area contributed by atoms with Gasteiger partial charge in [0, 0.05) is 45.0 Å². The van der Waals surface area contributed by atoms with Crippen molar-refractivity contribution in [2.24, 2.45) is 7.05 Å². The van der Waals surface area contributed by atoms with Gasteiger partial charge in [-0.25, -0.2) is 12.7 Å². The Kier molecular flexibility index (Phi) is 5.15. The van der Waals surface area contributed by atoms with Crippen molar-refractivity contribution in [3.05, 3.63) is 47.8 Å². The Morgan fingerprint density at radius 3 is 2.46 bits per heavy atom. The fraction of sp³-hybridized carbons (Fsp3) is 0.444. The number of benzene rings is 1. The summed E-state index contributed by atoms with van der Waals surface area (Å²) in [5, 5.41) is 4.22. The molecule has 1 aromatic heterocycles. The molecule has 1 aliphatic heterocycles. The monoisotopic (exact) mass is 376 g/mol. The number of nitrogens with zero attached hydrogens (tertiary/aromatic N) is 4. The molecule has 0 saturated carbocycles. The summed E-state index contributed by atoms with van der Waals surface area (Å²) in [6.07, 6.45) is 6.70. The molecule has 0 aliphatic carbocycles. The molecule has 2 aromatic rings. The Morgan fingerprint density at radius 1 is 1.19 bits per heavy atom. The van der Waals surface area contributed by atoms with Gasteiger partial charge in [0.05, 0.1) is 17.1 Å². The smallest absolute Gasteiger partial charge is 0.254 e. The summed E-state index contributed by atoms with van der Waals surface area (Å²) in [6.45, 7) is 0.691. The van der Waals surface area contributed by atoms with Crippen molar-refractivity contribution < 1.29 is 13.2 Å². The molecule has 8 heteroatoms. The fourth-order valence-corrected chi connectivity index (χ4v) is 4.18. The van der Waals surface area contributed by atoms with Crippen molar-refractivity contribution in [1.29, 1.82) is 0 Å². The number of rotatable bonds is 4. The predicted molar refractivity (Wildman–Crippen MR) is 98.2 cm³/mol. The zero-order chi connectivity index (χ0) is 18.9. The summed E-state index contributed by atoms with van der Waals surface area (Å²) in [6, 6.07) is 6.17. The average Bonchev–Trinajstić information content (AvgIpc) is 3.07. The first-order valence-corrected chi connectivity index (χ1v) is 10.1. The topological polar surface area (TPSA) is 75.5 Å². The van der Waals surface area contributed by atoms with Crippen LogP contribution in [0.5, 0.6) is 0 Å². The molecular weight excluding hydrogens is 352 g/mol. The average molecular weight is 376 g/mol. The molecule has 140 valence electrons. The number of aromatic nitrogens is 2. The third kappa shape index (κ3) is 3.52. The number of piperidine rings is 1. The van der Waals surface area contributed by atoms with Crippen LogP contribution in [0.25, 0.3) is 0 Å². The number of likely N-dealkylation sites (tertiary alicyclic amines) is 1. The van der Waals surface area contributed by atoms with E-state index in [4.69, 9.17) is 0 Å². The SMILES string of the molecule is CN(C)S(=O)(=O)c1ccc(C(=O)N2CCCC[C@H]2c2cnn(C)c2)cc1. The van der Waals surface area contributed by atoms with Crippen LogP contribution in [0, 0.1) is 0 Å². The van der Waals surface area contributed by atoms with Crippen LogP contribution in [0.3, 0.4) is 0 Å². The third-order valence-corrected chi connectivity index (χ3v) is 6.58. The van der Waals surface area contributed by atoms with Crippen LogP contribution >= 0.6 is 0 Å². The fourth-order valence-electron chi connectivity index (χ4n) is 3.28. The molecule has 1 saturated heterocycles. The van der Waals surface area contributed by atoms with Gasteiger partial charge >= 0.3 is 0 Å². The van der Waals surface area contributed by atoms with Gasteiger partial charge in [-0.05, 0) is 43.5 Å². The van der Waals surface area contributed by atoms with Crippen LogP contribution in [0.4, 0.5) is 0 Å². The summed E-state index contributed by atoms with van der Waals surface area (Å²) < 4.78 is 27.3. The Labute approximate surface area is 154 Å². The minimum Gasteiger partial charge on any atom is -0.331 e. The molecule has 1 aliphatic rings. The predicted octanol–water partition coefficient (Wildman–Crippen LogP) is 2.04. The highest BCUT2D eigenvalue weighted by Crippen LogP contribution is 2.32. The van der Waals surface area contributed by atoms with Crippen molar-refractivity contribution >= 4 is 15.9 Å². The molecule has 1 fully saturated rings. The molecule has 0 unspecified atom stereocenters. The van der Waals surface area contributed by atoms with E-state index in [1.807, 2.05) is 24.3 Å². The summed E-state index contributed by atoms with van der Waals surface area (Å²) >= 11 is 0. The molecule has 0 N–H and O–H groups in total. The van der Waals surface area contributed by atoms with Crippen LogP contribution < -0.4 is 0 Å². The Bertz CT molecular complexity index is 887. The van der Waals surface area contributed by atoms with E-state index >= 15 is 0 Å². The quantitative estimate of drug-likeness (QED) is 0.818. The van der Waals surface area contributed by atoms with E-state index in [-0.39, 0.29) is 16.8 Å². The highest BCUT2D eigenvalue weighted by molar-refractivity contribution is 7.89. The van der Waals surface area contributed by atoms with Crippen LogP contribution in [0.2, 0.25) is 0 Å². The number of sulfonamides is 1. The first kappa shape index (κ1) is 18.6. The zero-order valence-electron chi connectivity index (χ0n) is 15.3. The van der Waals surface area contributed by atoms with E-state index in [2.05, 4.69) is 5.10 Å². The molecule has 0 spiro atoms. The molecule has 26 heavy (non-hydrogen) atoms. The largest absolute Gasteiger partial charge is 0.331 e. The van der Waals surface area contributed by atoms with Crippen LogP contribution in [0.1, 0.15) is 41.2 Å². The lowest BCUT2D eigenvalue weighted by Gasteiger charge is -2.35. The minimum absolute atomic E-state index is 0.00938. The van der Waals surface area contributed by atoms with Crippen molar-refractivity contribution in [3.63, 3.8) is 0 Å². The lowest BCUT2D eigenvalue weighted by atomic mass is 9.96. The maximum absolute atomic E-state index is 13.0. The molecule has 7 nitrogen and oxygen atoms in total. The summed E-state index contributed by atoms with van der Waals surface area (Å²) in [5.74, 6) is -0.0765. The Hall–Kier alpha value is -2.19. The first-order valence-electron chi connectivity index (χ1n) is 8.63. The van der Waals surface area contributed by atoms with Crippen molar-refractivity contribution in [2.75, 3.05) is 20.6 Å². The Morgan fingerprint density at radius 2 is 1.88 bits per heavy atom. The molecule has 2 heterocycles. The van der Waals surface area contributed by atoms with Crippen molar-refractivity contribution in [2.45, 2.75) is 30.2 Å². The number of carbonyl (C=O) groups excluding carboxylic acids is 1. The van der Waals surface area contributed by atoms with Crippen molar-refractivity contribution in [1.82, 2.24) is 19.0 Å². The van der Waals surface area contributed by atoms with E-state index in [9.17, 15) is 13.2 Å². The van der Waals surface area contributed by atoms with Gasteiger partial charge in [-0.1, -0.05) is 0 Å². The normalized spacial score (nSPS) is 18.3. The lowest BCUT2D eigenvalue weighted by Crippen LogP contribution is -2.38. The second-order valence-electron chi connectivity index (χ2n) is 6.77. The van der Waals surface area contributed by atoms with Gasteiger partial charge in [0.25, 0.3) is 5.91 Å². The maximum atomic E-state index is 13.0. The van der Waals surface area contributed by atoms with E-state index in [0.717, 1.165) is 29.1 Å². The number of aryl methyl sites for hydroxylation is 1. The first-order chi connectivity index (χ1) is 12.3. The van der Waals surface area contributed by atoms with Gasteiger partial charge in [0.2, 0.25) is 10.0 Å². The van der Waals surface area contributed by atoms with Crippen LogP contribution in [-0.2, 0) is 17.1 Å². The van der Waals surface area contributed by atoms with Gasteiger partial charge in [-0.3, -0.25) is 9.48 Å². The molecule has 1 amide bonds. The molecule has 3 rings (SSSR count). The van der Waals surface area contributed by atoms with Gasteiger partial charge in [0.1, 0.15) is 0 Å². The second-order valence-corrected chi connectivity index (χ2v) is 8.92. The minimum atomic E-state index is -3.50. The van der Waals surface area contributed by atoms with E-state index in [0.29, 0.717) is 12.1 Å². The molecule has 1 atom stereocenters. The maximum Gasteiger partial charge on any atom is 0.254 e. The highest BCUT2D eigenvalue weighted by Gasteiger charge is 2.29. The van der Waals surface area contributed by atoms with Gasteiger partial charge in [0.15, 0.2) is 0 Å². The summed E-state index contributed by atoms with van der Waals surface area (Å²) in [4.78, 5) is 15.1. The zero-order valence-corrected chi connectivity index (χ0v) is 16.1. The standard InChI is InChI=1S/C18H24N4O3S/c1-20(2)26(24,25)16-9-7-14(8-10-16)18(23)22-11-5-4-6-17(22)15-12-19-21(3)13-15/h7-10,12-13,17H,4-6,11H2,1-3H3/t17-/m0/s1. The number of hydrogen-bond donors (Lipinski definition) is 0. The number of carbonyl (C=O) groups is 1. The van der Waals surface area contributed by atoms with Crippen LogP contribution in [-0.4, -0.2) is 54.0 Å². The molecule has 0 bridgehead atoms. The summed E-state index contributed by atoms with van der Waals surface area (Å²) in [5.41, 5.74) is 1.53. The van der Waals surface area contributed by atoms with E-state index in [1.165, 1.54) is 26.2 Å². The van der Waals surface area contributed by atoms with E-state index in [1.54, 1.807) is 16.8 Å². The Balaban J connectivity index is 1.85. The molecule has 0 radical (unpaired) electrons.